The summed E-state index contributed by atoms with van der Waals surface area (Å²) in [6, 6.07) is 1.68. The smallest absolute Gasteiger partial charge is 0.359 e. The van der Waals surface area contributed by atoms with Crippen LogP contribution in [0, 0.1) is 6.92 Å². The summed E-state index contributed by atoms with van der Waals surface area (Å²) in [6.45, 7) is 1.76. The highest BCUT2D eigenvalue weighted by molar-refractivity contribution is 7.98. The van der Waals surface area contributed by atoms with Gasteiger partial charge in [0.15, 0.2) is 23.2 Å². The Labute approximate surface area is 118 Å². The van der Waals surface area contributed by atoms with Crippen molar-refractivity contribution in [2.75, 3.05) is 6.26 Å². The van der Waals surface area contributed by atoms with Crippen molar-refractivity contribution >= 4 is 29.3 Å². The first kappa shape index (κ1) is 13.8. The van der Waals surface area contributed by atoms with Crippen LogP contribution in [0.25, 0.3) is 0 Å². The molecule has 2 heterocycles. The summed E-state index contributed by atoms with van der Waals surface area (Å²) in [5.41, 5.74) is 0.757. The van der Waals surface area contributed by atoms with Crippen LogP contribution < -0.4 is 0 Å². The van der Waals surface area contributed by atoms with Crippen molar-refractivity contribution in [3.05, 3.63) is 34.4 Å². The maximum Gasteiger partial charge on any atom is 0.359 e. The van der Waals surface area contributed by atoms with Gasteiger partial charge in [0.25, 0.3) is 0 Å². The number of esters is 1. The van der Waals surface area contributed by atoms with Gasteiger partial charge in [0.05, 0.1) is 16.9 Å². The predicted octanol–water partition coefficient (Wildman–Crippen LogP) is 2.51. The zero-order valence-corrected chi connectivity index (χ0v) is 11.8. The van der Waals surface area contributed by atoms with E-state index in [2.05, 4.69) is 15.1 Å². The van der Waals surface area contributed by atoms with E-state index in [-0.39, 0.29) is 17.3 Å². The van der Waals surface area contributed by atoms with Gasteiger partial charge in [-0.15, -0.1) is 0 Å². The first-order chi connectivity index (χ1) is 9.10. The van der Waals surface area contributed by atoms with E-state index in [4.69, 9.17) is 20.9 Å². The first-order valence-corrected chi connectivity index (χ1v) is 6.86. The highest BCUT2D eigenvalue weighted by Crippen LogP contribution is 2.18. The molecule has 19 heavy (non-hydrogen) atoms. The molecule has 2 rings (SSSR count). The lowest BCUT2D eigenvalue weighted by Crippen LogP contribution is -2.09. The van der Waals surface area contributed by atoms with Gasteiger partial charge in [-0.05, 0) is 13.2 Å². The second-order valence-electron chi connectivity index (χ2n) is 3.56. The van der Waals surface area contributed by atoms with Crippen LogP contribution in [0.15, 0.2) is 21.9 Å². The van der Waals surface area contributed by atoms with E-state index < -0.39 is 5.97 Å². The molecule has 0 fully saturated rings. The van der Waals surface area contributed by atoms with Gasteiger partial charge in [-0.2, -0.15) is 0 Å². The second kappa shape index (κ2) is 6.03. The largest absolute Gasteiger partial charge is 0.453 e. The van der Waals surface area contributed by atoms with Crippen molar-refractivity contribution in [3.8, 4) is 0 Å². The number of aromatic nitrogens is 3. The number of hydrogen-bond acceptors (Lipinski definition) is 7. The van der Waals surface area contributed by atoms with Crippen molar-refractivity contribution in [1.82, 2.24) is 15.1 Å². The maximum absolute atomic E-state index is 11.8. The zero-order chi connectivity index (χ0) is 13.8. The van der Waals surface area contributed by atoms with Gasteiger partial charge >= 0.3 is 5.97 Å². The van der Waals surface area contributed by atoms with Gasteiger partial charge in [-0.3, -0.25) is 0 Å². The molecular formula is C11H10ClN3O3S. The molecule has 8 heteroatoms. The number of carbonyl (C=O) groups excluding carboxylic acids is 1. The standard InChI is InChI=1S/C11H10ClN3O3S/c1-6-3-7(18-15-6)5-17-10(16)9-8(12)4-13-11(14-9)19-2/h3-4H,5H2,1-2H3. The minimum absolute atomic E-state index is 0.0192. The number of rotatable bonds is 4. The molecule has 0 aliphatic rings. The van der Waals surface area contributed by atoms with Crippen molar-refractivity contribution in [2.45, 2.75) is 18.7 Å². The summed E-state index contributed by atoms with van der Waals surface area (Å²) in [6.07, 6.45) is 3.17. The second-order valence-corrected chi connectivity index (χ2v) is 4.74. The van der Waals surface area contributed by atoms with Crippen molar-refractivity contribution in [3.63, 3.8) is 0 Å². The summed E-state index contributed by atoms with van der Waals surface area (Å²) in [5.74, 6) is -0.169. The van der Waals surface area contributed by atoms with E-state index >= 15 is 0 Å². The molecule has 0 atom stereocenters. The molecule has 0 radical (unpaired) electrons. The molecule has 0 aromatic carbocycles. The topological polar surface area (TPSA) is 78.1 Å². The summed E-state index contributed by atoms with van der Waals surface area (Å²) in [7, 11) is 0. The van der Waals surface area contributed by atoms with E-state index in [1.807, 2.05) is 0 Å². The molecule has 2 aromatic rings. The van der Waals surface area contributed by atoms with E-state index in [0.29, 0.717) is 10.9 Å². The monoisotopic (exact) mass is 299 g/mol. The van der Waals surface area contributed by atoms with Crippen molar-refractivity contribution in [2.24, 2.45) is 0 Å². The molecule has 2 aromatic heterocycles. The number of halogens is 1. The highest BCUT2D eigenvalue weighted by atomic mass is 35.5. The van der Waals surface area contributed by atoms with E-state index in [9.17, 15) is 4.79 Å². The highest BCUT2D eigenvalue weighted by Gasteiger charge is 2.16. The average Bonchev–Trinajstić information content (AvgIpc) is 2.82. The predicted molar refractivity (Wildman–Crippen MR) is 69.2 cm³/mol. The lowest BCUT2D eigenvalue weighted by Gasteiger charge is -2.04. The lowest BCUT2D eigenvalue weighted by atomic mass is 10.4. The van der Waals surface area contributed by atoms with Crippen LogP contribution >= 0.6 is 23.4 Å². The van der Waals surface area contributed by atoms with Gasteiger partial charge in [0, 0.05) is 6.07 Å². The molecule has 0 saturated carbocycles. The fourth-order valence-electron chi connectivity index (χ4n) is 1.28. The number of aryl methyl sites for hydroxylation is 1. The normalized spacial score (nSPS) is 10.5. The molecular weight excluding hydrogens is 290 g/mol. The number of carbonyl (C=O) groups is 1. The Kier molecular flexibility index (Phi) is 4.39. The third-order valence-electron chi connectivity index (χ3n) is 2.12. The fraction of sp³-hybridized carbons (Fsp3) is 0.273. The molecule has 0 unspecified atom stereocenters. The molecule has 100 valence electrons. The van der Waals surface area contributed by atoms with Crippen LogP contribution in [-0.2, 0) is 11.3 Å². The molecule has 0 bridgehead atoms. The maximum atomic E-state index is 11.8. The van der Waals surface area contributed by atoms with Crippen LogP contribution in [0.2, 0.25) is 5.02 Å². The van der Waals surface area contributed by atoms with Crippen LogP contribution in [0.1, 0.15) is 21.9 Å². The Morgan fingerprint density at radius 3 is 3.00 bits per heavy atom. The SMILES string of the molecule is CSc1ncc(Cl)c(C(=O)OCc2cc(C)no2)n1. The lowest BCUT2D eigenvalue weighted by molar-refractivity contribution is 0.0429. The summed E-state index contributed by atoms with van der Waals surface area (Å²) in [5, 5.41) is 4.29. The number of thioether (sulfide) groups is 1. The van der Waals surface area contributed by atoms with Gasteiger partial charge < -0.3 is 9.26 Å². The van der Waals surface area contributed by atoms with Gasteiger partial charge in [-0.1, -0.05) is 28.5 Å². The Bertz CT molecular complexity index is 603. The quantitative estimate of drug-likeness (QED) is 0.487. The third kappa shape index (κ3) is 3.45. The Balaban J connectivity index is 2.07. The third-order valence-corrected chi connectivity index (χ3v) is 2.96. The Morgan fingerprint density at radius 2 is 2.37 bits per heavy atom. The number of ether oxygens (including phenoxy) is 1. The molecule has 0 spiro atoms. The first-order valence-electron chi connectivity index (χ1n) is 5.26. The van der Waals surface area contributed by atoms with Crippen LogP contribution in [0.5, 0.6) is 0 Å². The van der Waals surface area contributed by atoms with E-state index in [0.717, 1.165) is 5.69 Å². The molecule has 6 nitrogen and oxygen atoms in total. The zero-order valence-electron chi connectivity index (χ0n) is 10.2. The Morgan fingerprint density at radius 1 is 1.58 bits per heavy atom. The minimum Gasteiger partial charge on any atom is -0.453 e. The number of hydrogen-bond donors (Lipinski definition) is 0. The van der Waals surface area contributed by atoms with E-state index in [1.54, 1.807) is 19.2 Å². The molecule has 0 aliphatic heterocycles. The molecule has 0 amide bonds. The van der Waals surface area contributed by atoms with Crippen molar-refractivity contribution < 1.29 is 14.1 Å². The van der Waals surface area contributed by atoms with Gasteiger partial charge in [-0.25, -0.2) is 14.8 Å². The minimum atomic E-state index is -0.628. The molecule has 0 N–H and O–H groups in total. The van der Waals surface area contributed by atoms with Crippen LogP contribution in [0.3, 0.4) is 0 Å². The average molecular weight is 300 g/mol. The van der Waals surface area contributed by atoms with Crippen LogP contribution in [0.4, 0.5) is 0 Å². The number of nitrogens with zero attached hydrogens (tertiary/aromatic N) is 3. The summed E-state index contributed by atoms with van der Waals surface area (Å²) >= 11 is 7.17. The van der Waals surface area contributed by atoms with Crippen LogP contribution in [-0.4, -0.2) is 27.3 Å². The molecule has 0 aliphatic carbocycles. The van der Waals surface area contributed by atoms with Crippen molar-refractivity contribution in [1.29, 1.82) is 0 Å². The fourth-order valence-corrected chi connectivity index (χ4v) is 1.79. The summed E-state index contributed by atoms with van der Waals surface area (Å²) < 4.78 is 9.98. The van der Waals surface area contributed by atoms with Gasteiger partial charge in [0.1, 0.15) is 0 Å². The van der Waals surface area contributed by atoms with Gasteiger partial charge in [0.2, 0.25) is 0 Å². The Hall–Kier alpha value is -1.60. The molecule has 0 saturated heterocycles. The van der Waals surface area contributed by atoms with E-state index in [1.165, 1.54) is 18.0 Å². The summed E-state index contributed by atoms with van der Waals surface area (Å²) in [4.78, 5) is 19.8.